The smallest absolute Gasteiger partial charge is 0.247 e. The molecule has 1 saturated heterocycles. The lowest BCUT2D eigenvalue weighted by Gasteiger charge is -2.26. The van der Waals surface area contributed by atoms with Crippen LogP contribution in [0.25, 0.3) is 0 Å². The number of hydroxylamine groups is 1. The van der Waals surface area contributed by atoms with E-state index in [1.54, 1.807) is 36.4 Å². The van der Waals surface area contributed by atoms with Gasteiger partial charge in [0.05, 0.1) is 36.8 Å². The second-order valence-electron chi connectivity index (χ2n) is 11.1. The molecule has 1 aromatic heterocycles. The summed E-state index contributed by atoms with van der Waals surface area (Å²) >= 11 is 0. The van der Waals surface area contributed by atoms with E-state index in [4.69, 9.17) is 14.3 Å². The predicted octanol–water partition coefficient (Wildman–Crippen LogP) is 6.30. The molecule has 5 rings (SSSR count). The Bertz CT molecular complexity index is 1740. The summed E-state index contributed by atoms with van der Waals surface area (Å²) in [6, 6.07) is 14.9. The molecule has 3 aromatic carbocycles. The number of hydrogen-bond donors (Lipinski definition) is 2. The first-order valence-corrected chi connectivity index (χ1v) is 14.9. The van der Waals surface area contributed by atoms with Crippen LogP contribution in [-0.2, 0) is 9.63 Å². The number of benzene rings is 3. The van der Waals surface area contributed by atoms with Crippen molar-refractivity contribution in [3.63, 3.8) is 0 Å². The van der Waals surface area contributed by atoms with Crippen LogP contribution < -0.4 is 30.1 Å². The number of aromatic nitrogens is 2. The number of hydrogen-bond acceptors (Lipinski definition) is 10. The number of carbonyl (C=O) groups is 1. The molecule has 13 heteroatoms. The van der Waals surface area contributed by atoms with Crippen LogP contribution in [0.15, 0.2) is 79.6 Å². The van der Waals surface area contributed by atoms with E-state index in [-0.39, 0.29) is 17.4 Å². The van der Waals surface area contributed by atoms with E-state index in [9.17, 15) is 13.6 Å². The summed E-state index contributed by atoms with van der Waals surface area (Å²) < 4.78 is 39.9. The maximum Gasteiger partial charge on any atom is 0.247 e. The number of carbonyl (C=O) groups excluding carboxylic acids is 1. The molecule has 1 aliphatic heterocycles. The molecule has 1 fully saturated rings. The van der Waals surface area contributed by atoms with E-state index in [1.807, 2.05) is 32.1 Å². The van der Waals surface area contributed by atoms with Crippen molar-refractivity contribution in [1.82, 2.24) is 14.9 Å². The highest BCUT2D eigenvalue weighted by Gasteiger charge is 2.30. The fourth-order valence-corrected chi connectivity index (χ4v) is 5.08. The molecule has 4 aromatic rings. The quantitative estimate of drug-likeness (QED) is 0.161. The van der Waals surface area contributed by atoms with Crippen LogP contribution in [0.3, 0.4) is 0 Å². The number of halogens is 2. The average molecular weight is 646 g/mol. The fraction of sp³-hybridized carbons (Fsp3) is 0.265. The van der Waals surface area contributed by atoms with Crippen LogP contribution in [0.5, 0.6) is 17.2 Å². The Morgan fingerprint density at radius 2 is 1.85 bits per heavy atom. The lowest BCUT2D eigenvalue weighted by Crippen LogP contribution is -2.29. The van der Waals surface area contributed by atoms with Gasteiger partial charge in [0.1, 0.15) is 41.0 Å². The van der Waals surface area contributed by atoms with Crippen molar-refractivity contribution in [2.45, 2.75) is 12.5 Å². The minimum absolute atomic E-state index is 0.227. The zero-order chi connectivity index (χ0) is 33.5. The number of nitrogens with zero attached hydrogens (tertiary/aromatic N) is 5. The van der Waals surface area contributed by atoms with Crippen molar-refractivity contribution < 1.29 is 27.9 Å². The van der Waals surface area contributed by atoms with Crippen molar-refractivity contribution in [3.05, 3.63) is 96.8 Å². The first kappa shape index (κ1) is 33.1. The highest BCUT2D eigenvalue weighted by Crippen LogP contribution is 2.40. The molecule has 47 heavy (non-hydrogen) atoms. The molecule has 0 spiro atoms. The van der Waals surface area contributed by atoms with Gasteiger partial charge in [-0.1, -0.05) is 12.6 Å². The van der Waals surface area contributed by atoms with E-state index in [1.165, 1.54) is 42.7 Å². The lowest BCUT2D eigenvalue weighted by atomic mass is 10.0. The van der Waals surface area contributed by atoms with E-state index in [0.29, 0.717) is 53.9 Å². The highest BCUT2D eigenvalue weighted by molar-refractivity contribution is 6.02. The van der Waals surface area contributed by atoms with Gasteiger partial charge in [0.2, 0.25) is 5.91 Å². The molecule has 0 saturated carbocycles. The lowest BCUT2D eigenvalue weighted by molar-refractivity contribution is -0.111. The van der Waals surface area contributed by atoms with Crippen LogP contribution in [-0.4, -0.2) is 68.7 Å². The van der Waals surface area contributed by atoms with Gasteiger partial charge in [0.25, 0.3) is 0 Å². The number of anilines is 5. The Labute approximate surface area is 272 Å². The van der Waals surface area contributed by atoms with Crippen LogP contribution >= 0.6 is 0 Å². The third-order valence-corrected chi connectivity index (χ3v) is 7.41. The van der Waals surface area contributed by atoms with Crippen LogP contribution in [0, 0.1) is 11.6 Å². The topological polar surface area (TPSA) is 104 Å². The molecular weight excluding hydrogens is 608 g/mol. The average Bonchev–Trinajstić information content (AvgIpc) is 3.54. The maximum absolute atomic E-state index is 14.8. The predicted molar refractivity (Wildman–Crippen MR) is 178 cm³/mol. The Hall–Kier alpha value is -5.27. The summed E-state index contributed by atoms with van der Waals surface area (Å²) in [6.07, 6.45) is 3.15. The molecule has 1 amide bonds. The Morgan fingerprint density at radius 1 is 1.04 bits per heavy atom. The zero-order valence-electron chi connectivity index (χ0n) is 26.7. The minimum Gasteiger partial charge on any atom is -0.494 e. The molecule has 0 radical (unpaired) electrons. The van der Waals surface area contributed by atoms with Crippen LogP contribution in [0.4, 0.5) is 37.5 Å². The van der Waals surface area contributed by atoms with E-state index in [0.717, 1.165) is 12.2 Å². The maximum atomic E-state index is 14.8. The number of ether oxygens (including phenoxy) is 2. The number of amides is 1. The van der Waals surface area contributed by atoms with E-state index >= 15 is 0 Å². The second kappa shape index (κ2) is 14.9. The van der Waals surface area contributed by atoms with E-state index in [2.05, 4.69) is 32.1 Å². The van der Waals surface area contributed by atoms with Gasteiger partial charge in [-0.15, -0.1) is 0 Å². The molecule has 11 nitrogen and oxygen atoms in total. The van der Waals surface area contributed by atoms with Gasteiger partial charge in [0.15, 0.2) is 5.82 Å². The molecule has 1 aliphatic rings. The second-order valence-corrected chi connectivity index (χ2v) is 11.1. The van der Waals surface area contributed by atoms with Crippen molar-refractivity contribution in [1.29, 1.82) is 0 Å². The fourth-order valence-electron chi connectivity index (χ4n) is 5.08. The summed E-state index contributed by atoms with van der Waals surface area (Å²) in [7, 11) is 7.48. The van der Waals surface area contributed by atoms with Gasteiger partial charge >= 0.3 is 0 Å². The van der Waals surface area contributed by atoms with Gasteiger partial charge in [0, 0.05) is 50.8 Å². The third-order valence-electron chi connectivity index (χ3n) is 7.41. The molecule has 0 aliphatic carbocycles. The Kier molecular flexibility index (Phi) is 10.5. The number of rotatable bonds is 13. The molecular formula is C34H37F2N7O4. The molecule has 0 unspecified atom stereocenters. The van der Waals surface area contributed by atoms with Crippen molar-refractivity contribution in [2.75, 3.05) is 68.5 Å². The number of nitrogens with one attached hydrogen (secondary N) is 2. The molecule has 1 atom stereocenters. The summed E-state index contributed by atoms with van der Waals surface area (Å²) in [5.41, 5.74) is 2.46. The summed E-state index contributed by atoms with van der Waals surface area (Å²) in [5, 5.41) is 7.75. The minimum atomic E-state index is -0.506. The first-order valence-electron chi connectivity index (χ1n) is 14.9. The third kappa shape index (κ3) is 8.31. The SMILES string of the molecule is C=CC(=O)Nc1cc(Nc2cc(N3OCC[C@@H]3c3cc(F)cc(Oc4cccc(F)c4)c3)ncn2)c(OC)cc1N(C)CCN(C)C. The van der Waals surface area contributed by atoms with Crippen molar-refractivity contribution >= 4 is 34.6 Å². The van der Waals surface area contributed by atoms with Gasteiger partial charge in [-0.25, -0.2) is 23.8 Å². The van der Waals surface area contributed by atoms with E-state index < -0.39 is 17.7 Å². The molecule has 2 N–H and O–H groups in total. The molecule has 0 bridgehead atoms. The van der Waals surface area contributed by atoms with Gasteiger partial charge in [-0.3, -0.25) is 9.63 Å². The molecule has 2 heterocycles. The summed E-state index contributed by atoms with van der Waals surface area (Å²) in [5.74, 6) is 0.538. The number of likely N-dealkylation sites (N-methyl/N-ethyl adjacent to an activating group) is 2. The summed E-state index contributed by atoms with van der Waals surface area (Å²) in [6.45, 7) is 5.45. The zero-order valence-corrected chi connectivity index (χ0v) is 26.7. The van der Waals surface area contributed by atoms with Gasteiger partial charge in [-0.05, 0) is 56.1 Å². The summed E-state index contributed by atoms with van der Waals surface area (Å²) in [4.78, 5) is 31.2. The standard InChI is InChI=1S/C34H37F2N7O4/c1-6-34(44)40-27-18-28(31(45-5)19-30(27)42(4)12-11-41(2)3)39-32-20-33(38-21-37-32)43-29(10-13-46-43)22-14-24(36)17-26(15-22)47-25-9-7-8-23(35)16-25/h6-9,14-21,29H,1,10-13H2,2-5H3,(H,40,44)(H,37,38,39)/t29-/m1/s1. The Morgan fingerprint density at radius 3 is 2.60 bits per heavy atom. The van der Waals surface area contributed by atoms with Gasteiger partial charge in [-0.2, -0.15) is 0 Å². The van der Waals surface area contributed by atoms with Crippen molar-refractivity contribution in [3.8, 4) is 17.2 Å². The van der Waals surface area contributed by atoms with Crippen LogP contribution in [0.2, 0.25) is 0 Å². The molecule has 246 valence electrons. The highest BCUT2D eigenvalue weighted by atomic mass is 19.1. The monoisotopic (exact) mass is 645 g/mol. The largest absolute Gasteiger partial charge is 0.494 e. The normalized spacial score (nSPS) is 14.2. The van der Waals surface area contributed by atoms with Crippen LogP contribution in [0.1, 0.15) is 18.0 Å². The van der Waals surface area contributed by atoms with Gasteiger partial charge < -0.3 is 29.9 Å². The first-order chi connectivity index (χ1) is 22.6. The number of methoxy groups -OCH3 is 1. The Balaban J connectivity index is 1.41. The van der Waals surface area contributed by atoms with Crippen molar-refractivity contribution in [2.24, 2.45) is 0 Å².